The summed E-state index contributed by atoms with van der Waals surface area (Å²) < 4.78 is 28.6. The molecule has 1 N–H and O–H groups in total. The Hall–Kier alpha value is -1.65. The fourth-order valence-corrected chi connectivity index (χ4v) is 6.46. The Labute approximate surface area is 170 Å². The lowest BCUT2D eigenvalue weighted by Crippen LogP contribution is -2.24. The molecule has 6 nitrogen and oxygen atoms in total. The van der Waals surface area contributed by atoms with Crippen LogP contribution >= 0.6 is 34.9 Å². The maximum atomic E-state index is 13.0. The number of aromatic nitrogens is 1. The van der Waals surface area contributed by atoms with E-state index in [-0.39, 0.29) is 17.0 Å². The number of sulfonamides is 1. The lowest BCUT2D eigenvalue weighted by molar-refractivity contribution is 0.0696. The highest BCUT2D eigenvalue weighted by Gasteiger charge is 2.27. The first-order valence-corrected chi connectivity index (χ1v) is 11.2. The van der Waals surface area contributed by atoms with E-state index >= 15 is 0 Å². The minimum atomic E-state index is -3.89. The van der Waals surface area contributed by atoms with Crippen molar-refractivity contribution in [3.8, 4) is 0 Å². The average molecular weight is 443 g/mol. The summed E-state index contributed by atoms with van der Waals surface area (Å²) >= 11 is 8.34. The molecule has 0 saturated heterocycles. The predicted octanol–water partition coefficient (Wildman–Crippen LogP) is 4.67. The number of nitrogens with zero attached hydrogens (tertiary/aromatic N) is 2. The SMILES string of the molecule is CCN(Sc1nc2cc(Cl)ccc2s1)S(=O)(=O)c1ccc(C)c(C(=O)O)c1. The molecule has 1 aromatic heterocycles. The number of halogens is 1. The number of hydrogen-bond donors (Lipinski definition) is 1. The van der Waals surface area contributed by atoms with Crippen LogP contribution in [0.3, 0.4) is 0 Å². The van der Waals surface area contributed by atoms with Crippen LogP contribution in [0.4, 0.5) is 0 Å². The van der Waals surface area contributed by atoms with Crippen molar-refractivity contribution >= 4 is 61.1 Å². The molecule has 0 aliphatic carbocycles. The third-order valence-corrected chi connectivity index (χ3v) is 8.48. The van der Waals surface area contributed by atoms with Crippen molar-refractivity contribution < 1.29 is 18.3 Å². The normalized spacial score (nSPS) is 12.0. The van der Waals surface area contributed by atoms with Gasteiger partial charge in [-0.05, 0) is 42.8 Å². The number of aryl methyl sites for hydroxylation is 1. The van der Waals surface area contributed by atoms with E-state index in [1.54, 1.807) is 26.0 Å². The molecule has 0 aliphatic rings. The summed E-state index contributed by atoms with van der Waals surface area (Å²) in [6.45, 7) is 3.53. The number of carboxylic acid groups (broad SMARTS) is 1. The molecule has 3 aromatic rings. The molecule has 0 atom stereocenters. The van der Waals surface area contributed by atoms with Gasteiger partial charge in [-0.25, -0.2) is 18.2 Å². The number of fused-ring (bicyclic) bond motifs is 1. The van der Waals surface area contributed by atoms with E-state index in [1.807, 2.05) is 6.07 Å². The number of benzene rings is 2. The fraction of sp³-hybridized carbons (Fsp3) is 0.176. The van der Waals surface area contributed by atoms with Gasteiger partial charge in [0.05, 0.1) is 20.7 Å². The lowest BCUT2D eigenvalue weighted by atomic mass is 10.1. The Bertz CT molecular complexity index is 1130. The van der Waals surface area contributed by atoms with Crippen molar-refractivity contribution in [2.24, 2.45) is 0 Å². The maximum Gasteiger partial charge on any atom is 0.335 e. The van der Waals surface area contributed by atoms with Gasteiger partial charge in [-0.3, -0.25) is 0 Å². The quantitative estimate of drug-likeness (QED) is 0.558. The van der Waals surface area contributed by atoms with E-state index in [4.69, 9.17) is 11.6 Å². The molecule has 0 radical (unpaired) electrons. The van der Waals surface area contributed by atoms with Gasteiger partial charge in [0.15, 0.2) is 4.34 Å². The Morgan fingerprint density at radius 1 is 1.30 bits per heavy atom. The molecule has 1 heterocycles. The highest BCUT2D eigenvalue weighted by Crippen LogP contribution is 2.35. The van der Waals surface area contributed by atoms with E-state index in [2.05, 4.69) is 4.98 Å². The zero-order valence-electron chi connectivity index (χ0n) is 14.3. The van der Waals surface area contributed by atoms with Gasteiger partial charge in [-0.1, -0.05) is 24.6 Å². The van der Waals surface area contributed by atoms with Crippen LogP contribution in [0, 0.1) is 6.92 Å². The molecule has 0 spiro atoms. The van der Waals surface area contributed by atoms with Crippen LogP contribution in [-0.4, -0.2) is 34.7 Å². The highest BCUT2D eigenvalue weighted by molar-refractivity contribution is 8.09. The van der Waals surface area contributed by atoms with Gasteiger partial charge in [0.25, 0.3) is 10.0 Å². The molecule has 0 unspecified atom stereocenters. The first kappa shape index (κ1) is 20.1. The largest absolute Gasteiger partial charge is 0.478 e. The molecule has 142 valence electrons. The summed E-state index contributed by atoms with van der Waals surface area (Å²) in [6, 6.07) is 9.41. The Kier molecular flexibility index (Phi) is 5.78. The first-order chi connectivity index (χ1) is 12.7. The molecular formula is C17H15ClN2O4S3. The van der Waals surface area contributed by atoms with Gasteiger partial charge < -0.3 is 5.11 Å². The second-order valence-electron chi connectivity index (χ2n) is 5.59. The van der Waals surface area contributed by atoms with Crippen molar-refractivity contribution in [3.63, 3.8) is 0 Å². The predicted molar refractivity (Wildman–Crippen MR) is 108 cm³/mol. The highest BCUT2D eigenvalue weighted by atomic mass is 35.5. The Morgan fingerprint density at radius 3 is 2.70 bits per heavy atom. The van der Waals surface area contributed by atoms with Gasteiger partial charge in [0, 0.05) is 23.5 Å². The number of hydrogen-bond acceptors (Lipinski definition) is 6. The van der Waals surface area contributed by atoms with Gasteiger partial charge in [-0.15, -0.1) is 15.0 Å². The van der Waals surface area contributed by atoms with Crippen molar-refractivity contribution in [1.29, 1.82) is 0 Å². The van der Waals surface area contributed by atoms with Crippen LogP contribution in [0.2, 0.25) is 5.02 Å². The molecule has 0 aliphatic heterocycles. The zero-order chi connectivity index (χ0) is 19.8. The average Bonchev–Trinajstić information content (AvgIpc) is 3.01. The zero-order valence-corrected chi connectivity index (χ0v) is 17.5. The second-order valence-corrected chi connectivity index (χ2v) is 10.4. The first-order valence-electron chi connectivity index (χ1n) is 7.83. The molecule has 0 bridgehead atoms. The summed E-state index contributed by atoms with van der Waals surface area (Å²) in [4.78, 5) is 15.7. The van der Waals surface area contributed by atoms with E-state index in [1.165, 1.54) is 33.2 Å². The molecule has 3 rings (SSSR count). The maximum absolute atomic E-state index is 13.0. The fourth-order valence-electron chi connectivity index (χ4n) is 2.40. The third kappa shape index (κ3) is 4.12. The van der Waals surface area contributed by atoms with E-state index < -0.39 is 16.0 Å². The molecular weight excluding hydrogens is 428 g/mol. The third-order valence-electron chi connectivity index (χ3n) is 3.77. The Balaban J connectivity index is 1.95. The topological polar surface area (TPSA) is 87.6 Å². The summed E-state index contributed by atoms with van der Waals surface area (Å²) in [5.41, 5.74) is 1.17. The summed E-state index contributed by atoms with van der Waals surface area (Å²) in [5, 5.41) is 9.82. The van der Waals surface area contributed by atoms with Crippen LogP contribution in [-0.2, 0) is 10.0 Å². The van der Waals surface area contributed by atoms with Gasteiger partial charge in [0.1, 0.15) is 0 Å². The number of thiazole rings is 1. The van der Waals surface area contributed by atoms with Crippen LogP contribution < -0.4 is 0 Å². The minimum absolute atomic E-state index is 0.0354. The van der Waals surface area contributed by atoms with Crippen LogP contribution in [0.15, 0.2) is 45.6 Å². The molecule has 27 heavy (non-hydrogen) atoms. The summed E-state index contributed by atoms with van der Waals surface area (Å²) in [7, 11) is -3.89. The number of carbonyl (C=O) groups is 1. The molecule has 0 amide bonds. The number of aromatic carboxylic acids is 1. The van der Waals surface area contributed by atoms with Crippen molar-refractivity contribution in [3.05, 3.63) is 52.5 Å². The molecule has 0 saturated carbocycles. The van der Waals surface area contributed by atoms with Gasteiger partial charge >= 0.3 is 5.97 Å². The molecule has 10 heteroatoms. The molecule has 2 aromatic carbocycles. The van der Waals surface area contributed by atoms with Gasteiger partial charge in [0.2, 0.25) is 0 Å². The monoisotopic (exact) mass is 442 g/mol. The number of rotatable bonds is 6. The molecule has 0 fully saturated rings. The van der Waals surface area contributed by atoms with Crippen LogP contribution in [0.25, 0.3) is 10.2 Å². The van der Waals surface area contributed by atoms with Crippen molar-refractivity contribution in [1.82, 2.24) is 8.69 Å². The van der Waals surface area contributed by atoms with E-state index in [0.29, 0.717) is 20.4 Å². The smallest absolute Gasteiger partial charge is 0.335 e. The van der Waals surface area contributed by atoms with Crippen LogP contribution in [0.1, 0.15) is 22.8 Å². The number of carboxylic acids is 1. The van der Waals surface area contributed by atoms with E-state index in [0.717, 1.165) is 16.6 Å². The lowest BCUT2D eigenvalue weighted by Gasteiger charge is -2.18. The van der Waals surface area contributed by atoms with Crippen molar-refractivity contribution in [2.75, 3.05) is 6.54 Å². The minimum Gasteiger partial charge on any atom is -0.478 e. The summed E-state index contributed by atoms with van der Waals surface area (Å²) in [6.07, 6.45) is 0. The standard InChI is InChI=1S/C17H15ClN2O4S3/c1-3-20(26-17-19-14-8-11(18)5-7-15(14)25-17)27(23,24)12-6-4-10(2)13(9-12)16(21)22/h4-9H,3H2,1-2H3,(H,21,22). The van der Waals surface area contributed by atoms with E-state index in [9.17, 15) is 18.3 Å². The summed E-state index contributed by atoms with van der Waals surface area (Å²) in [5.74, 6) is -1.16. The second kappa shape index (κ2) is 7.76. The van der Waals surface area contributed by atoms with Crippen molar-refractivity contribution in [2.45, 2.75) is 23.1 Å². The van der Waals surface area contributed by atoms with Crippen LogP contribution in [0.5, 0.6) is 0 Å². The Morgan fingerprint density at radius 2 is 2.04 bits per heavy atom. The van der Waals surface area contributed by atoms with Gasteiger partial charge in [-0.2, -0.15) is 0 Å².